The molecule has 0 aliphatic carbocycles. The Hall–Kier alpha value is -2.10. The number of hydroxylamine groups is 2. The smallest absolute Gasteiger partial charge is 0.111 e. The van der Waals surface area contributed by atoms with Crippen LogP contribution in [0, 0.1) is 12.8 Å². The van der Waals surface area contributed by atoms with Crippen LogP contribution >= 0.6 is 0 Å². The Kier molecular flexibility index (Phi) is 2.73. The molecule has 3 aromatic rings. The van der Waals surface area contributed by atoms with Crippen LogP contribution in [0.15, 0.2) is 54.6 Å². The summed E-state index contributed by atoms with van der Waals surface area (Å²) in [5.74, 6) is 0.473. The number of hydrogen-bond donors (Lipinski definition) is 0. The topological polar surface area (TPSA) is 17.4 Å². The van der Waals surface area contributed by atoms with Crippen molar-refractivity contribution < 1.29 is 4.84 Å². The summed E-state index contributed by atoms with van der Waals surface area (Å²) in [5.41, 5.74) is 5.46. The van der Waals surface area contributed by atoms with E-state index >= 15 is 0 Å². The maximum absolute atomic E-state index is 6.24. The second-order valence-electron chi connectivity index (χ2n) is 6.73. The highest BCUT2D eigenvalue weighted by Crippen LogP contribution is 2.53. The van der Waals surface area contributed by atoms with Crippen LogP contribution in [0.5, 0.6) is 0 Å². The van der Waals surface area contributed by atoms with Crippen molar-refractivity contribution in [1.82, 2.24) is 9.63 Å². The van der Waals surface area contributed by atoms with Crippen LogP contribution in [0.1, 0.15) is 29.0 Å². The first-order valence-corrected chi connectivity index (χ1v) is 8.28. The molecule has 1 unspecified atom stereocenters. The van der Waals surface area contributed by atoms with Crippen molar-refractivity contribution in [3.63, 3.8) is 0 Å². The van der Waals surface area contributed by atoms with Crippen molar-refractivity contribution in [1.29, 1.82) is 0 Å². The van der Waals surface area contributed by atoms with Gasteiger partial charge in [0, 0.05) is 36.1 Å². The van der Waals surface area contributed by atoms with Crippen LogP contribution < -0.4 is 0 Å². The molecular weight excluding hydrogens is 284 g/mol. The highest BCUT2D eigenvalue weighted by atomic mass is 16.7. The van der Waals surface area contributed by atoms with Crippen molar-refractivity contribution in [2.24, 2.45) is 5.92 Å². The largest absolute Gasteiger partial charge is 0.342 e. The number of nitrogens with zero attached hydrogens (tertiary/aromatic N) is 2. The standard InChI is InChI=1S/C20H20N2O/c1-13-15-10-6-7-11-17(15)22-12-16-19(18(13)22)21(2)23-20(16)14-8-4-3-5-9-14/h3-11,16,19-20H,12H2,1-2H3/t16-,19-,20?/m1/s1. The van der Waals surface area contributed by atoms with Gasteiger partial charge in [0.2, 0.25) is 0 Å². The van der Waals surface area contributed by atoms with E-state index in [0.717, 1.165) is 6.54 Å². The molecule has 3 heterocycles. The molecule has 1 saturated heterocycles. The van der Waals surface area contributed by atoms with Gasteiger partial charge in [0.15, 0.2) is 0 Å². The van der Waals surface area contributed by atoms with Gasteiger partial charge < -0.3 is 4.57 Å². The number of aromatic nitrogens is 1. The molecule has 0 bridgehead atoms. The average Bonchev–Trinajstić information content (AvgIpc) is 3.20. The molecule has 116 valence electrons. The van der Waals surface area contributed by atoms with Crippen LogP contribution in [-0.2, 0) is 11.4 Å². The minimum Gasteiger partial charge on any atom is -0.342 e. The fraction of sp³-hybridized carbons (Fsp3) is 0.300. The molecule has 0 amide bonds. The van der Waals surface area contributed by atoms with Crippen molar-refractivity contribution in [3.8, 4) is 0 Å². The first-order chi connectivity index (χ1) is 11.3. The number of aryl methyl sites for hydroxylation is 1. The average molecular weight is 304 g/mol. The lowest BCUT2D eigenvalue weighted by Crippen LogP contribution is -2.17. The fourth-order valence-electron chi connectivity index (χ4n) is 4.56. The van der Waals surface area contributed by atoms with Gasteiger partial charge >= 0.3 is 0 Å². The summed E-state index contributed by atoms with van der Waals surface area (Å²) in [6.07, 6.45) is 0.143. The minimum absolute atomic E-state index is 0.143. The van der Waals surface area contributed by atoms with E-state index in [1.165, 1.54) is 27.7 Å². The predicted molar refractivity (Wildman–Crippen MR) is 90.9 cm³/mol. The number of rotatable bonds is 1. The summed E-state index contributed by atoms with van der Waals surface area (Å²) < 4.78 is 2.51. The Labute approximate surface area is 136 Å². The maximum Gasteiger partial charge on any atom is 0.111 e. The third-order valence-electron chi connectivity index (χ3n) is 5.54. The molecule has 0 N–H and O–H groups in total. The first-order valence-electron chi connectivity index (χ1n) is 8.28. The van der Waals surface area contributed by atoms with Gasteiger partial charge in [-0.1, -0.05) is 48.5 Å². The van der Waals surface area contributed by atoms with E-state index in [1.54, 1.807) is 0 Å². The van der Waals surface area contributed by atoms with Crippen molar-refractivity contribution in [2.75, 3.05) is 7.05 Å². The number of hydrogen-bond acceptors (Lipinski definition) is 2. The lowest BCUT2D eigenvalue weighted by Gasteiger charge is -2.17. The molecule has 5 rings (SSSR count). The quantitative estimate of drug-likeness (QED) is 0.669. The monoisotopic (exact) mass is 304 g/mol. The summed E-state index contributed by atoms with van der Waals surface area (Å²) >= 11 is 0. The van der Waals surface area contributed by atoms with Crippen molar-refractivity contribution in [3.05, 3.63) is 71.4 Å². The minimum atomic E-state index is 0.143. The maximum atomic E-state index is 6.24. The van der Waals surface area contributed by atoms with E-state index in [4.69, 9.17) is 4.84 Å². The van der Waals surface area contributed by atoms with Gasteiger partial charge in [-0.05, 0) is 24.1 Å². The molecule has 0 saturated carbocycles. The number of benzene rings is 2. The molecule has 3 nitrogen and oxygen atoms in total. The summed E-state index contributed by atoms with van der Waals surface area (Å²) in [6.45, 7) is 3.28. The second-order valence-corrected chi connectivity index (χ2v) is 6.73. The number of para-hydroxylation sites is 1. The van der Waals surface area contributed by atoms with E-state index < -0.39 is 0 Å². The van der Waals surface area contributed by atoms with E-state index in [-0.39, 0.29) is 6.10 Å². The molecule has 2 aliphatic heterocycles. The van der Waals surface area contributed by atoms with Crippen LogP contribution in [0.3, 0.4) is 0 Å². The predicted octanol–water partition coefficient (Wildman–Crippen LogP) is 4.24. The summed E-state index contributed by atoms with van der Waals surface area (Å²) in [6, 6.07) is 19.7. The Bertz CT molecular complexity index is 883. The van der Waals surface area contributed by atoms with Crippen molar-refractivity contribution >= 4 is 10.9 Å². The first kappa shape index (κ1) is 13.3. The normalized spacial score (nSPS) is 26.6. The third kappa shape index (κ3) is 1.72. The van der Waals surface area contributed by atoms with E-state index in [0.29, 0.717) is 12.0 Å². The Morgan fingerprint density at radius 2 is 1.74 bits per heavy atom. The lowest BCUT2D eigenvalue weighted by atomic mass is 9.90. The van der Waals surface area contributed by atoms with Crippen LogP contribution in [0.25, 0.3) is 10.9 Å². The molecule has 0 radical (unpaired) electrons. The van der Waals surface area contributed by atoms with Crippen LogP contribution in [-0.4, -0.2) is 16.7 Å². The van der Waals surface area contributed by atoms with E-state index in [1.807, 2.05) is 0 Å². The zero-order valence-electron chi connectivity index (χ0n) is 13.4. The lowest BCUT2D eigenvalue weighted by molar-refractivity contribution is -0.148. The summed E-state index contributed by atoms with van der Waals surface area (Å²) in [5, 5.41) is 3.45. The van der Waals surface area contributed by atoms with Gasteiger partial charge in [0.1, 0.15) is 6.10 Å². The van der Waals surface area contributed by atoms with Crippen LogP contribution in [0.2, 0.25) is 0 Å². The van der Waals surface area contributed by atoms with E-state index in [9.17, 15) is 0 Å². The van der Waals surface area contributed by atoms with Gasteiger partial charge in [0.25, 0.3) is 0 Å². The second kappa shape index (κ2) is 4.70. The van der Waals surface area contributed by atoms with Crippen LogP contribution in [0.4, 0.5) is 0 Å². The molecular formula is C20H20N2O. The zero-order valence-corrected chi connectivity index (χ0v) is 13.4. The molecule has 1 aromatic heterocycles. The number of fused-ring (bicyclic) bond motifs is 5. The van der Waals surface area contributed by atoms with Crippen molar-refractivity contribution in [2.45, 2.75) is 25.6 Å². The molecule has 3 heteroatoms. The van der Waals surface area contributed by atoms with Gasteiger partial charge in [0.05, 0.1) is 6.04 Å². The molecule has 2 aromatic carbocycles. The van der Waals surface area contributed by atoms with Gasteiger partial charge in [-0.15, -0.1) is 0 Å². The molecule has 3 atom stereocenters. The summed E-state index contributed by atoms with van der Waals surface area (Å²) in [4.78, 5) is 6.24. The highest BCUT2D eigenvalue weighted by molar-refractivity contribution is 5.86. The van der Waals surface area contributed by atoms with Gasteiger partial charge in [-0.3, -0.25) is 4.84 Å². The zero-order chi connectivity index (χ0) is 15.6. The van der Waals surface area contributed by atoms with E-state index in [2.05, 4.69) is 78.2 Å². The Morgan fingerprint density at radius 1 is 1.00 bits per heavy atom. The third-order valence-corrected chi connectivity index (χ3v) is 5.54. The summed E-state index contributed by atoms with van der Waals surface area (Å²) in [7, 11) is 2.08. The van der Waals surface area contributed by atoms with Gasteiger partial charge in [-0.2, -0.15) is 5.06 Å². The van der Waals surface area contributed by atoms with Gasteiger partial charge in [-0.25, -0.2) is 0 Å². The highest BCUT2D eigenvalue weighted by Gasteiger charge is 2.49. The Balaban J connectivity index is 1.65. The molecule has 1 fully saturated rings. The molecule has 0 spiro atoms. The molecule has 23 heavy (non-hydrogen) atoms. The Morgan fingerprint density at radius 3 is 2.57 bits per heavy atom. The fourth-order valence-corrected chi connectivity index (χ4v) is 4.56. The SMILES string of the molecule is Cc1c2n(c3ccccc13)C[C@H]1C(c3ccccc3)ON(C)[C@@H]21. The molecule has 2 aliphatic rings.